The monoisotopic (exact) mass is 379 g/mol. The summed E-state index contributed by atoms with van der Waals surface area (Å²) < 4.78 is 4.81. The van der Waals surface area contributed by atoms with Crippen LogP contribution in [0.4, 0.5) is 5.82 Å². The van der Waals surface area contributed by atoms with Crippen LogP contribution in [0.3, 0.4) is 0 Å². The number of aromatic amines is 1. The highest BCUT2D eigenvalue weighted by Crippen LogP contribution is 2.26. The number of hydrogen-bond acceptors (Lipinski definition) is 6. The Kier molecular flexibility index (Phi) is 4.43. The van der Waals surface area contributed by atoms with E-state index in [2.05, 4.69) is 25.7 Å². The molecular weight excluding hydrogens is 366 g/mol. The largest absolute Gasteiger partial charge is 0.465 e. The number of benzene rings is 2. The van der Waals surface area contributed by atoms with Crippen molar-refractivity contribution in [1.29, 1.82) is 0 Å². The summed E-state index contributed by atoms with van der Waals surface area (Å²) in [7, 11) is 1.36. The first-order valence-electron chi connectivity index (χ1n) is 8.07. The van der Waals surface area contributed by atoms with E-state index in [1.54, 1.807) is 24.5 Å². The van der Waals surface area contributed by atoms with Gasteiger partial charge in [0.1, 0.15) is 0 Å². The highest BCUT2D eigenvalue weighted by molar-refractivity contribution is 6.34. The van der Waals surface area contributed by atoms with Gasteiger partial charge in [-0.1, -0.05) is 48.0 Å². The molecule has 2 N–H and O–H groups in total. The molecule has 0 fully saturated rings. The molecule has 0 atom stereocenters. The van der Waals surface area contributed by atoms with Crippen LogP contribution >= 0.6 is 11.6 Å². The Balaban J connectivity index is 1.65. The molecule has 134 valence electrons. The minimum atomic E-state index is -0.396. The van der Waals surface area contributed by atoms with Crippen LogP contribution in [0.2, 0.25) is 5.15 Å². The lowest BCUT2D eigenvalue weighted by Gasteiger charge is -2.04. The van der Waals surface area contributed by atoms with E-state index in [-0.39, 0.29) is 0 Å². The van der Waals surface area contributed by atoms with Gasteiger partial charge in [-0.2, -0.15) is 5.10 Å². The van der Waals surface area contributed by atoms with Crippen molar-refractivity contribution in [2.24, 2.45) is 5.10 Å². The summed E-state index contributed by atoms with van der Waals surface area (Å²) in [5, 5.41) is 15.1. The third kappa shape index (κ3) is 3.09. The average molecular weight is 380 g/mol. The van der Waals surface area contributed by atoms with Crippen molar-refractivity contribution in [2.45, 2.75) is 0 Å². The van der Waals surface area contributed by atoms with Gasteiger partial charge in [0.25, 0.3) is 0 Å². The van der Waals surface area contributed by atoms with Crippen LogP contribution in [0, 0.1) is 0 Å². The van der Waals surface area contributed by atoms with Crippen molar-refractivity contribution in [3.63, 3.8) is 0 Å². The van der Waals surface area contributed by atoms with Gasteiger partial charge in [-0.25, -0.2) is 4.79 Å². The first-order chi connectivity index (χ1) is 13.2. The van der Waals surface area contributed by atoms with Gasteiger partial charge in [-0.15, -0.1) is 10.2 Å². The molecule has 0 radical (unpaired) electrons. The van der Waals surface area contributed by atoms with Crippen LogP contribution in [-0.2, 0) is 4.74 Å². The number of aromatic nitrogens is 3. The molecule has 0 aliphatic carbocycles. The average Bonchev–Trinajstić information content (AvgIpc) is 3.12. The number of hydrazone groups is 1. The number of carbonyl (C=O) groups is 1. The predicted molar refractivity (Wildman–Crippen MR) is 105 cm³/mol. The molecule has 2 aromatic heterocycles. The van der Waals surface area contributed by atoms with Crippen molar-refractivity contribution >= 4 is 51.3 Å². The van der Waals surface area contributed by atoms with E-state index in [9.17, 15) is 4.79 Å². The molecule has 0 saturated carbocycles. The maximum absolute atomic E-state index is 11.9. The molecule has 0 spiro atoms. The van der Waals surface area contributed by atoms with Crippen LogP contribution < -0.4 is 5.43 Å². The second-order valence-corrected chi connectivity index (χ2v) is 6.08. The van der Waals surface area contributed by atoms with Gasteiger partial charge < -0.3 is 9.72 Å². The minimum Gasteiger partial charge on any atom is -0.465 e. The molecule has 27 heavy (non-hydrogen) atoms. The maximum Gasteiger partial charge on any atom is 0.339 e. The number of fused-ring (bicyclic) bond motifs is 2. The molecule has 0 aliphatic rings. The summed E-state index contributed by atoms with van der Waals surface area (Å²) in [4.78, 5) is 15.0. The summed E-state index contributed by atoms with van der Waals surface area (Å²) in [5.74, 6) is 0.105. The molecule has 0 unspecified atom stereocenters. The zero-order chi connectivity index (χ0) is 18.8. The van der Waals surface area contributed by atoms with Gasteiger partial charge in [0.2, 0.25) is 0 Å². The Hall–Kier alpha value is -3.45. The van der Waals surface area contributed by atoms with Crippen molar-refractivity contribution in [3.8, 4) is 0 Å². The molecular formula is C19H14ClN5O2. The Labute approximate surface area is 159 Å². The smallest absolute Gasteiger partial charge is 0.339 e. The topological polar surface area (TPSA) is 92.3 Å². The Morgan fingerprint density at radius 3 is 2.74 bits per heavy atom. The van der Waals surface area contributed by atoms with Crippen LogP contribution in [0.1, 0.15) is 15.9 Å². The van der Waals surface area contributed by atoms with Crippen molar-refractivity contribution in [2.75, 3.05) is 12.5 Å². The van der Waals surface area contributed by atoms with E-state index in [0.29, 0.717) is 22.1 Å². The minimum absolute atomic E-state index is 0.340. The molecule has 2 heterocycles. The van der Waals surface area contributed by atoms with Crippen LogP contribution in [0.25, 0.3) is 21.7 Å². The molecule has 7 nitrogen and oxygen atoms in total. The summed E-state index contributed by atoms with van der Waals surface area (Å²) in [5.41, 5.74) is 4.88. The van der Waals surface area contributed by atoms with Crippen LogP contribution in [-0.4, -0.2) is 34.5 Å². The molecule has 8 heteroatoms. The lowest BCUT2D eigenvalue weighted by molar-refractivity contribution is 0.0603. The van der Waals surface area contributed by atoms with E-state index < -0.39 is 5.97 Å². The summed E-state index contributed by atoms with van der Waals surface area (Å²) in [6.07, 6.45) is 3.42. The van der Waals surface area contributed by atoms with Gasteiger partial charge in [-0.05, 0) is 6.07 Å². The van der Waals surface area contributed by atoms with Crippen molar-refractivity contribution < 1.29 is 9.53 Å². The van der Waals surface area contributed by atoms with Crippen LogP contribution in [0.5, 0.6) is 0 Å². The van der Waals surface area contributed by atoms with Crippen LogP contribution in [0.15, 0.2) is 53.8 Å². The van der Waals surface area contributed by atoms with E-state index in [0.717, 1.165) is 21.7 Å². The summed E-state index contributed by atoms with van der Waals surface area (Å²) >= 11 is 6.08. The Morgan fingerprint density at radius 1 is 1.15 bits per heavy atom. The third-order valence-electron chi connectivity index (χ3n) is 4.17. The molecule has 0 bridgehead atoms. The number of H-pyrrole nitrogens is 1. The van der Waals surface area contributed by atoms with E-state index in [1.807, 2.05) is 30.3 Å². The zero-order valence-electron chi connectivity index (χ0n) is 14.2. The maximum atomic E-state index is 11.9. The number of esters is 1. The highest BCUT2D eigenvalue weighted by atomic mass is 35.5. The number of anilines is 1. The predicted octanol–water partition coefficient (Wildman–Crippen LogP) is 4.00. The van der Waals surface area contributed by atoms with E-state index in [4.69, 9.17) is 16.3 Å². The molecule has 4 rings (SSSR count). The summed E-state index contributed by atoms with van der Waals surface area (Å²) in [6.45, 7) is 0. The number of halogens is 1. The van der Waals surface area contributed by atoms with Gasteiger partial charge in [0.15, 0.2) is 11.0 Å². The molecule has 2 aromatic carbocycles. The highest BCUT2D eigenvalue weighted by Gasteiger charge is 2.13. The number of nitrogens with zero attached hydrogens (tertiary/aromatic N) is 3. The molecule has 0 saturated heterocycles. The number of methoxy groups -OCH3 is 1. The fraction of sp³-hybridized carbons (Fsp3) is 0.0526. The number of para-hydroxylation sites is 1. The van der Waals surface area contributed by atoms with E-state index in [1.165, 1.54) is 7.11 Å². The standard InChI is InChI=1S/C19H14ClN5O2/c1-27-19(26)15-8-4-7-12-11(9-21-16(12)15)10-22-24-18-14-6-3-2-5-13(14)17(20)23-25-18/h2-10,21H,1H3,(H,24,25). The molecule has 0 aliphatic heterocycles. The summed E-state index contributed by atoms with van der Waals surface area (Å²) in [6, 6.07) is 12.9. The first kappa shape index (κ1) is 17.0. The number of rotatable bonds is 4. The SMILES string of the molecule is COC(=O)c1cccc2c(C=NNc3nnc(Cl)c4ccccc34)c[nH]c12. The first-order valence-corrected chi connectivity index (χ1v) is 8.45. The zero-order valence-corrected chi connectivity index (χ0v) is 15.0. The van der Waals surface area contributed by atoms with Crippen molar-refractivity contribution in [1.82, 2.24) is 15.2 Å². The van der Waals surface area contributed by atoms with Gasteiger partial charge in [-0.3, -0.25) is 5.43 Å². The second-order valence-electron chi connectivity index (χ2n) is 5.72. The lowest BCUT2D eigenvalue weighted by Crippen LogP contribution is -2.01. The normalized spacial score (nSPS) is 11.3. The fourth-order valence-electron chi connectivity index (χ4n) is 2.88. The quantitative estimate of drug-likeness (QED) is 0.317. The van der Waals surface area contributed by atoms with E-state index >= 15 is 0 Å². The number of nitrogens with one attached hydrogen (secondary N) is 2. The number of hydrogen-bond donors (Lipinski definition) is 2. The third-order valence-corrected chi connectivity index (χ3v) is 4.45. The van der Waals surface area contributed by atoms with Gasteiger partial charge in [0, 0.05) is 27.9 Å². The molecule has 4 aromatic rings. The lowest BCUT2D eigenvalue weighted by atomic mass is 10.1. The van der Waals surface area contributed by atoms with Crippen molar-refractivity contribution in [3.05, 3.63) is 64.9 Å². The second kappa shape index (κ2) is 7.05. The fourth-order valence-corrected chi connectivity index (χ4v) is 3.08. The molecule has 0 amide bonds. The number of carbonyl (C=O) groups excluding carboxylic acids is 1. The Morgan fingerprint density at radius 2 is 1.93 bits per heavy atom. The Bertz CT molecular complexity index is 1190. The number of ether oxygens (including phenoxy) is 1. The van der Waals surface area contributed by atoms with Gasteiger partial charge >= 0.3 is 5.97 Å². The van der Waals surface area contributed by atoms with Gasteiger partial charge in [0.05, 0.1) is 24.4 Å².